The lowest BCUT2D eigenvalue weighted by atomic mass is 10.1. The Morgan fingerprint density at radius 2 is 1.89 bits per heavy atom. The van der Waals surface area contributed by atoms with Crippen LogP contribution in [0.5, 0.6) is 0 Å². The van der Waals surface area contributed by atoms with E-state index in [0.717, 1.165) is 5.56 Å². The van der Waals surface area contributed by atoms with E-state index in [-0.39, 0.29) is 17.2 Å². The molecule has 2 rings (SSSR count). The van der Waals surface area contributed by atoms with Crippen molar-refractivity contribution in [2.75, 3.05) is 0 Å². The molecule has 0 saturated carbocycles. The lowest BCUT2D eigenvalue weighted by molar-refractivity contribution is 0.0939. The number of benzene rings is 1. The molecule has 0 aliphatic rings. The molecule has 0 aliphatic carbocycles. The quantitative estimate of drug-likeness (QED) is 0.922. The molecule has 3 nitrogen and oxygen atoms in total. The topological polar surface area (TPSA) is 42.2 Å². The van der Waals surface area contributed by atoms with Gasteiger partial charge in [-0.05, 0) is 42.3 Å². The molecular formula is C13H11Cl2NO2. The Morgan fingerprint density at radius 1 is 1.22 bits per heavy atom. The highest BCUT2D eigenvalue weighted by molar-refractivity contribution is 6.32. The van der Waals surface area contributed by atoms with E-state index in [2.05, 4.69) is 5.32 Å². The average Bonchev–Trinajstić information content (AvgIpc) is 2.76. The molecule has 0 radical (unpaired) electrons. The lowest BCUT2D eigenvalue weighted by Crippen LogP contribution is -2.26. The first-order valence-corrected chi connectivity index (χ1v) is 6.13. The minimum Gasteiger partial charge on any atom is -0.452 e. The summed E-state index contributed by atoms with van der Waals surface area (Å²) in [6.07, 6.45) is 1.38. The highest BCUT2D eigenvalue weighted by Crippen LogP contribution is 2.19. The maximum atomic E-state index is 11.9. The van der Waals surface area contributed by atoms with Crippen molar-refractivity contribution >= 4 is 29.1 Å². The van der Waals surface area contributed by atoms with Crippen molar-refractivity contribution in [1.29, 1.82) is 0 Å². The van der Waals surface area contributed by atoms with Gasteiger partial charge in [-0.3, -0.25) is 4.79 Å². The third-order valence-electron chi connectivity index (χ3n) is 2.58. The molecule has 1 N–H and O–H groups in total. The fourth-order valence-corrected chi connectivity index (χ4v) is 1.89. The van der Waals surface area contributed by atoms with E-state index in [0.29, 0.717) is 10.6 Å². The maximum Gasteiger partial charge on any atom is 0.256 e. The van der Waals surface area contributed by atoms with Crippen LogP contribution < -0.4 is 5.32 Å². The highest BCUT2D eigenvalue weighted by Gasteiger charge is 2.15. The Hall–Kier alpha value is -1.45. The predicted octanol–water partition coefficient (Wildman–Crippen LogP) is 4.08. The van der Waals surface area contributed by atoms with E-state index in [9.17, 15) is 4.79 Å². The van der Waals surface area contributed by atoms with Crippen LogP contribution in [0.15, 0.2) is 41.0 Å². The lowest BCUT2D eigenvalue weighted by Gasteiger charge is -2.13. The molecule has 5 heteroatoms. The second-order valence-corrected chi connectivity index (χ2v) is 4.63. The summed E-state index contributed by atoms with van der Waals surface area (Å²) < 4.78 is 4.88. The number of hydrogen-bond acceptors (Lipinski definition) is 2. The summed E-state index contributed by atoms with van der Waals surface area (Å²) in [5.41, 5.74) is 1.30. The second kappa shape index (κ2) is 5.46. The molecule has 0 spiro atoms. The molecule has 94 valence electrons. The van der Waals surface area contributed by atoms with Gasteiger partial charge < -0.3 is 9.73 Å². The zero-order valence-electron chi connectivity index (χ0n) is 9.61. The van der Waals surface area contributed by atoms with Gasteiger partial charge in [-0.1, -0.05) is 23.7 Å². The minimum atomic E-state index is -0.267. The van der Waals surface area contributed by atoms with Crippen molar-refractivity contribution in [1.82, 2.24) is 5.32 Å². The first kappa shape index (κ1) is 13.0. The molecule has 0 saturated heterocycles. The summed E-state index contributed by atoms with van der Waals surface area (Å²) in [6, 6.07) is 8.69. The average molecular weight is 284 g/mol. The summed E-state index contributed by atoms with van der Waals surface area (Å²) in [5.74, 6) is -0.267. The van der Waals surface area contributed by atoms with Crippen LogP contribution in [0.2, 0.25) is 10.2 Å². The molecular weight excluding hydrogens is 273 g/mol. The third-order valence-corrected chi connectivity index (χ3v) is 3.12. The SMILES string of the molecule is CC(NC(=O)c1ccoc1Cl)c1ccc(Cl)cc1. The molecule has 1 aromatic heterocycles. The minimum absolute atomic E-state index is 0.0933. The number of furan rings is 1. The number of carbonyl (C=O) groups is 1. The Labute approximate surface area is 115 Å². The molecule has 1 atom stereocenters. The van der Waals surface area contributed by atoms with Gasteiger partial charge in [0, 0.05) is 5.02 Å². The molecule has 1 amide bonds. The largest absolute Gasteiger partial charge is 0.452 e. The fourth-order valence-electron chi connectivity index (χ4n) is 1.56. The van der Waals surface area contributed by atoms with Gasteiger partial charge in [0.1, 0.15) is 0 Å². The van der Waals surface area contributed by atoms with E-state index < -0.39 is 0 Å². The molecule has 1 heterocycles. The Morgan fingerprint density at radius 3 is 2.44 bits per heavy atom. The summed E-state index contributed by atoms with van der Waals surface area (Å²) in [7, 11) is 0. The van der Waals surface area contributed by atoms with Crippen molar-refractivity contribution in [3.8, 4) is 0 Å². The van der Waals surface area contributed by atoms with Gasteiger partial charge in [0.15, 0.2) is 0 Å². The van der Waals surface area contributed by atoms with E-state index in [1.165, 1.54) is 12.3 Å². The zero-order chi connectivity index (χ0) is 13.1. The van der Waals surface area contributed by atoms with Crippen LogP contribution in [0.3, 0.4) is 0 Å². The standard InChI is InChI=1S/C13H11Cl2NO2/c1-8(9-2-4-10(14)5-3-9)16-13(17)11-6-7-18-12(11)15/h2-8H,1H3,(H,16,17). The number of amides is 1. The second-order valence-electron chi connectivity index (χ2n) is 3.85. The number of carbonyl (C=O) groups excluding carboxylic acids is 1. The zero-order valence-corrected chi connectivity index (χ0v) is 11.1. The number of hydrogen-bond donors (Lipinski definition) is 1. The molecule has 1 aromatic carbocycles. The van der Waals surface area contributed by atoms with Crippen molar-refractivity contribution in [2.24, 2.45) is 0 Å². The fraction of sp³-hybridized carbons (Fsp3) is 0.154. The number of rotatable bonds is 3. The Bertz CT molecular complexity index is 548. The monoisotopic (exact) mass is 283 g/mol. The van der Waals surface area contributed by atoms with Gasteiger partial charge in [-0.2, -0.15) is 0 Å². The van der Waals surface area contributed by atoms with Crippen LogP contribution >= 0.6 is 23.2 Å². The molecule has 0 bridgehead atoms. The van der Waals surface area contributed by atoms with Crippen molar-refractivity contribution in [3.05, 3.63) is 58.0 Å². The molecule has 0 aliphatic heterocycles. The smallest absolute Gasteiger partial charge is 0.256 e. The normalized spacial score (nSPS) is 12.2. The summed E-state index contributed by atoms with van der Waals surface area (Å²) in [4.78, 5) is 11.9. The summed E-state index contributed by atoms with van der Waals surface area (Å²) in [5, 5.41) is 3.59. The first-order chi connectivity index (χ1) is 8.58. The van der Waals surface area contributed by atoms with Crippen molar-refractivity contribution in [2.45, 2.75) is 13.0 Å². The highest BCUT2D eigenvalue weighted by atomic mass is 35.5. The van der Waals surface area contributed by atoms with Gasteiger partial charge in [0.2, 0.25) is 5.22 Å². The number of halogens is 2. The Kier molecular flexibility index (Phi) is 3.94. The molecule has 0 fully saturated rings. The van der Waals surface area contributed by atoms with E-state index in [1.54, 1.807) is 12.1 Å². The van der Waals surface area contributed by atoms with Crippen molar-refractivity contribution in [3.63, 3.8) is 0 Å². The molecule has 18 heavy (non-hydrogen) atoms. The third kappa shape index (κ3) is 2.86. The van der Waals surface area contributed by atoms with Crippen LogP contribution in [0.4, 0.5) is 0 Å². The van der Waals surface area contributed by atoms with Crippen LogP contribution in [-0.4, -0.2) is 5.91 Å². The molecule has 1 unspecified atom stereocenters. The van der Waals surface area contributed by atoms with Gasteiger partial charge in [-0.15, -0.1) is 0 Å². The summed E-state index contributed by atoms with van der Waals surface area (Å²) >= 11 is 11.5. The Balaban J connectivity index is 2.08. The first-order valence-electron chi connectivity index (χ1n) is 5.37. The van der Waals surface area contributed by atoms with Gasteiger partial charge in [0.25, 0.3) is 5.91 Å². The van der Waals surface area contributed by atoms with Crippen LogP contribution in [0, 0.1) is 0 Å². The van der Waals surface area contributed by atoms with Crippen molar-refractivity contribution < 1.29 is 9.21 Å². The van der Waals surface area contributed by atoms with Gasteiger partial charge in [0.05, 0.1) is 17.9 Å². The van der Waals surface area contributed by atoms with Crippen LogP contribution in [0.1, 0.15) is 28.9 Å². The van der Waals surface area contributed by atoms with E-state index >= 15 is 0 Å². The van der Waals surface area contributed by atoms with E-state index in [1.807, 2.05) is 19.1 Å². The maximum absolute atomic E-state index is 11.9. The van der Waals surface area contributed by atoms with Crippen LogP contribution in [0.25, 0.3) is 0 Å². The summed E-state index contributed by atoms with van der Waals surface area (Å²) in [6.45, 7) is 1.88. The van der Waals surface area contributed by atoms with Gasteiger partial charge in [-0.25, -0.2) is 0 Å². The van der Waals surface area contributed by atoms with Gasteiger partial charge >= 0.3 is 0 Å². The number of nitrogens with one attached hydrogen (secondary N) is 1. The predicted molar refractivity (Wildman–Crippen MR) is 71.1 cm³/mol. The van der Waals surface area contributed by atoms with Crippen LogP contribution in [-0.2, 0) is 0 Å². The molecule has 2 aromatic rings. The van der Waals surface area contributed by atoms with E-state index in [4.69, 9.17) is 27.6 Å².